The second-order valence-electron chi connectivity index (χ2n) is 5.90. The Labute approximate surface area is 136 Å². The van der Waals surface area contributed by atoms with E-state index in [1.54, 1.807) is 29.1 Å². The Morgan fingerprint density at radius 1 is 1.43 bits per heavy atom. The Kier molecular flexibility index (Phi) is 3.77. The first kappa shape index (κ1) is 15.8. The largest absolute Gasteiger partial charge is 0.481 e. The van der Waals surface area contributed by atoms with E-state index >= 15 is 0 Å². The standard InChI is InChI=1S/C14H16N4O4S/c15-9-11(20)18-6-14(13(21)22,7-23-12(9)18)5-17-3-1-8(2-4-17)10(16)19/h1-4,9,12H,5-7,15H2,(H2-,16,19,21,22)/p+1/t9?,12-,14?/m1/s1. The highest BCUT2D eigenvalue weighted by molar-refractivity contribution is 8.00. The molecule has 2 aliphatic heterocycles. The van der Waals surface area contributed by atoms with E-state index in [4.69, 9.17) is 11.5 Å². The Morgan fingerprint density at radius 2 is 2.09 bits per heavy atom. The highest BCUT2D eigenvalue weighted by atomic mass is 32.2. The number of aliphatic carboxylic acids is 1. The van der Waals surface area contributed by atoms with E-state index in [0.717, 1.165) is 0 Å². The average molecular weight is 337 g/mol. The number of amides is 2. The number of nitrogens with zero attached hydrogens (tertiary/aromatic N) is 2. The maximum Gasteiger partial charge on any atom is 0.318 e. The monoisotopic (exact) mass is 337 g/mol. The molecule has 9 heteroatoms. The molecule has 0 bridgehead atoms. The first-order chi connectivity index (χ1) is 10.8. The van der Waals surface area contributed by atoms with Gasteiger partial charge in [-0.2, -0.15) is 0 Å². The van der Waals surface area contributed by atoms with Crippen LogP contribution in [0.4, 0.5) is 0 Å². The zero-order valence-corrected chi connectivity index (χ0v) is 13.0. The van der Waals surface area contributed by atoms with Crippen molar-refractivity contribution in [3.05, 3.63) is 30.1 Å². The van der Waals surface area contributed by atoms with Crippen LogP contribution in [0.3, 0.4) is 0 Å². The lowest BCUT2D eigenvalue weighted by Crippen LogP contribution is -2.73. The lowest BCUT2D eigenvalue weighted by atomic mass is 9.87. The van der Waals surface area contributed by atoms with Gasteiger partial charge in [0.05, 0.1) is 5.56 Å². The molecule has 0 aliphatic carbocycles. The van der Waals surface area contributed by atoms with Gasteiger partial charge in [-0.25, -0.2) is 4.57 Å². The molecular formula is C14H17N4O4S+. The number of hydrogen-bond donors (Lipinski definition) is 3. The van der Waals surface area contributed by atoms with Crippen LogP contribution in [0.5, 0.6) is 0 Å². The highest BCUT2D eigenvalue weighted by Gasteiger charge is 2.57. The number of carboxylic acid groups (broad SMARTS) is 1. The summed E-state index contributed by atoms with van der Waals surface area (Å²) in [6, 6.07) is 2.55. The van der Waals surface area contributed by atoms with Crippen molar-refractivity contribution in [3.63, 3.8) is 0 Å². The topological polar surface area (TPSA) is 131 Å². The Morgan fingerprint density at radius 3 is 2.65 bits per heavy atom. The number of primary amides is 1. The summed E-state index contributed by atoms with van der Waals surface area (Å²) in [5, 5.41) is 9.58. The minimum absolute atomic E-state index is 0.128. The molecule has 2 fully saturated rings. The number of nitrogens with two attached hydrogens (primary N) is 2. The van der Waals surface area contributed by atoms with E-state index in [9.17, 15) is 19.5 Å². The van der Waals surface area contributed by atoms with Gasteiger partial charge in [0.1, 0.15) is 11.4 Å². The third-order valence-corrected chi connectivity index (χ3v) is 5.91. The van der Waals surface area contributed by atoms with Crippen molar-refractivity contribution < 1.29 is 24.1 Å². The normalized spacial score (nSPS) is 29.6. The Balaban J connectivity index is 1.81. The van der Waals surface area contributed by atoms with Gasteiger partial charge in [0.2, 0.25) is 11.8 Å². The molecule has 0 spiro atoms. The van der Waals surface area contributed by atoms with E-state index in [1.165, 1.54) is 16.7 Å². The lowest BCUT2D eigenvalue weighted by molar-refractivity contribution is -0.706. The first-order valence-electron chi connectivity index (χ1n) is 7.04. The van der Waals surface area contributed by atoms with Crippen LogP contribution in [0.25, 0.3) is 0 Å². The number of β-lactam (4-membered cyclic amide) rings is 1. The van der Waals surface area contributed by atoms with E-state index in [2.05, 4.69) is 0 Å². The summed E-state index contributed by atoms with van der Waals surface area (Å²) < 4.78 is 1.69. The second-order valence-corrected chi connectivity index (χ2v) is 7.01. The minimum atomic E-state index is -1.09. The molecule has 0 saturated carbocycles. The van der Waals surface area contributed by atoms with Gasteiger partial charge in [0.25, 0.3) is 0 Å². The van der Waals surface area contributed by atoms with Gasteiger partial charge in [-0.1, -0.05) is 0 Å². The van der Waals surface area contributed by atoms with Gasteiger partial charge >= 0.3 is 5.97 Å². The van der Waals surface area contributed by atoms with Gasteiger partial charge in [-0.3, -0.25) is 14.4 Å². The van der Waals surface area contributed by atoms with Crippen LogP contribution in [-0.2, 0) is 16.1 Å². The quantitative estimate of drug-likeness (QED) is 0.447. The van der Waals surface area contributed by atoms with Crippen LogP contribution in [0.15, 0.2) is 24.5 Å². The summed E-state index contributed by atoms with van der Waals surface area (Å²) >= 11 is 1.40. The first-order valence-corrected chi connectivity index (χ1v) is 8.09. The number of carbonyl (C=O) groups excluding carboxylic acids is 2. The van der Waals surface area contributed by atoms with Gasteiger partial charge in [-0.05, 0) is 0 Å². The highest BCUT2D eigenvalue weighted by Crippen LogP contribution is 2.41. The van der Waals surface area contributed by atoms with Crippen molar-refractivity contribution in [2.24, 2.45) is 16.9 Å². The summed E-state index contributed by atoms with van der Waals surface area (Å²) in [6.45, 7) is 0.331. The number of carboxylic acids is 1. The summed E-state index contributed by atoms with van der Waals surface area (Å²) in [5.41, 5.74) is 10.2. The zero-order chi connectivity index (χ0) is 16.8. The average Bonchev–Trinajstić information content (AvgIpc) is 2.54. The zero-order valence-electron chi connectivity index (χ0n) is 12.2. The number of thioether (sulfide) groups is 1. The van der Waals surface area contributed by atoms with E-state index < -0.39 is 23.3 Å². The van der Waals surface area contributed by atoms with E-state index in [0.29, 0.717) is 11.3 Å². The second kappa shape index (κ2) is 5.50. The maximum absolute atomic E-state index is 11.9. The molecule has 1 aromatic heterocycles. The van der Waals surface area contributed by atoms with Crippen LogP contribution >= 0.6 is 11.8 Å². The predicted octanol–water partition coefficient (Wildman–Crippen LogP) is -1.61. The number of aromatic nitrogens is 1. The summed E-state index contributed by atoms with van der Waals surface area (Å²) in [7, 11) is 0. The Bertz CT molecular complexity index is 680. The summed E-state index contributed by atoms with van der Waals surface area (Å²) in [4.78, 5) is 36.3. The van der Waals surface area contributed by atoms with Crippen molar-refractivity contribution in [1.29, 1.82) is 0 Å². The molecule has 5 N–H and O–H groups in total. The molecule has 122 valence electrons. The third-order valence-electron chi connectivity index (χ3n) is 4.30. The molecule has 2 unspecified atom stereocenters. The van der Waals surface area contributed by atoms with Crippen molar-refractivity contribution in [2.75, 3.05) is 12.3 Å². The van der Waals surface area contributed by atoms with Crippen molar-refractivity contribution in [1.82, 2.24) is 4.90 Å². The SMILES string of the molecule is NC(=O)c1cc[n+](CC2(C(=O)O)CS[C@@H]3C(N)C(=O)N3C2)cc1. The van der Waals surface area contributed by atoms with E-state index in [-0.39, 0.29) is 24.4 Å². The smallest absolute Gasteiger partial charge is 0.318 e. The molecule has 8 nitrogen and oxygen atoms in total. The third kappa shape index (κ3) is 2.55. The molecule has 2 saturated heterocycles. The van der Waals surface area contributed by atoms with E-state index in [1.807, 2.05) is 0 Å². The Hall–Kier alpha value is -2.13. The number of carbonyl (C=O) groups is 3. The summed E-state index contributed by atoms with van der Waals surface area (Å²) in [6.07, 6.45) is 3.23. The molecule has 3 heterocycles. The van der Waals surface area contributed by atoms with Crippen molar-refractivity contribution >= 4 is 29.5 Å². The van der Waals surface area contributed by atoms with Gasteiger partial charge in [-0.15, -0.1) is 11.8 Å². The molecular weight excluding hydrogens is 320 g/mol. The number of hydrogen-bond acceptors (Lipinski definition) is 5. The predicted molar refractivity (Wildman–Crippen MR) is 81.2 cm³/mol. The molecule has 0 aromatic carbocycles. The fourth-order valence-corrected chi connectivity index (χ4v) is 4.38. The van der Waals surface area contributed by atoms with Gasteiger partial charge < -0.3 is 21.5 Å². The van der Waals surface area contributed by atoms with Crippen LogP contribution in [0.2, 0.25) is 0 Å². The molecule has 0 radical (unpaired) electrons. The fraction of sp³-hybridized carbons (Fsp3) is 0.429. The molecule has 2 aliphatic rings. The van der Waals surface area contributed by atoms with Crippen LogP contribution in [0, 0.1) is 5.41 Å². The maximum atomic E-state index is 11.9. The van der Waals surface area contributed by atoms with Crippen molar-refractivity contribution in [2.45, 2.75) is 18.0 Å². The van der Waals surface area contributed by atoms with Crippen molar-refractivity contribution in [3.8, 4) is 0 Å². The van der Waals surface area contributed by atoms with Crippen LogP contribution in [0.1, 0.15) is 10.4 Å². The fourth-order valence-electron chi connectivity index (χ4n) is 2.90. The summed E-state index contributed by atoms with van der Waals surface area (Å²) in [5.74, 6) is -1.33. The molecule has 23 heavy (non-hydrogen) atoms. The molecule has 2 amide bonds. The van der Waals surface area contributed by atoms with Crippen LogP contribution in [-0.4, -0.2) is 51.5 Å². The molecule has 3 atom stereocenters. The van der Waals surface area contributed by atoms with Crippen LogP contribution < -0.4 is 16.0 Å². The minimum Gasteiger partial charge on any atom is -0.481 e. The lowest BCUT2D eigenvalue weighted by Gasteiger charge is -2.51. The molecule has 1 aromatic rings. The van der Waals surface area contributed by atoms with Gasteiger partial charge in [0.15, 0.2) is 24.4 Å². The number of rotatable bonds is 4. The number of fused-ring (bicyclic) bond motifs is 1. The molecule has 3 rings (SSSR count). The number of pyridine rings is 1. The van der Waals surface area contributed by atoms with Gasteiger partial charge in [0, 0.05) is 24.4 Å².